The Morgan fingerprint density at radius 2 is 1.79 bits per heavy atom. The van der Waals surface area contributed by atoms with Crippen LogP contribution in [0.5, 0.6) is 11.5 Å². The fourth-order valence-corrected chi connectivity index (χ4v) is 8.22. The van der Waals surface area contributed by atoms with E-state index in [4.69, 9.17) is 27.6 Å². The normalized spacial score (nSPS) is 13.6. The molecule has 1 amide bonds. The molecule has 53 heavy (non-hydrogen) atoms. The van der Waals surface area contributed by atoms with Crippen LogP contribution in [0.1, 0.15) is 65.6 Å². The summed E-state index contributed by atoms with van der Waals surface area (Å²) in [6.45, 7) is 15.4. The highest BCUT2D eigenvalue weighted by atomic mass is 35.5. The van der Waals surface area contributed by atoms with Crippen molar-refractivity contribution in [3.63, 3.8) is 0 Å². The second-order valence-corrected chi connectivity index (χ2v) is 21.2. The number of rotatable bonds is 11. The van der Waals surface area contributed by atoms with Crippen molar-refractivity contribution < 1.29 is 14.3 Å². The third-order valence-corrected chi connectivity index (χ3v) is 16.0. The van der Waals surface area contributed by atoms with E-state index in [1.54, 1.807) is 17.2 Å². The molecule has 0 saturated heterocycles. The van der Waals surface area contributed by atoms with E-state index in [1.165, 1.54) is 0 Å². The molecule has 0 saturated carbocycles. The number of nitrogens with zero attached hydrogens (tertiary/aromatic N) is 5. The van der Waals surface area contributed by atoms with Gasteiger partial charge in [-0.1, -0.05) is 50.6 Å². The molecule has 11 heteroatoms. The summed E-state index contributed by atoms with van der Waals surface area (Å²) in [7, 11) is 1.84. The van der Waals surface area contributed by atoms with Crippen molar-refractivity contribution in [3.8, 4) is 22.8 Å². The first-order chi connectivity index (χ1) is 25.1. The molecule has 0 bridgehead atoms. The average Bonchev–Trinajstić information content (AvgIpc) is 3.62. The van der Waals surface area contributed by atoms with Gasteiger partial charge in [0, 0.05) is 67.3 Å². The molecule has 2 aromatic heterocycles. The molecule has 5 aromatic rings. The van der Waals surface area contributed by atoms with Crippen LogP contribution in [0.15, 0.2) is 72.9 Å². The van der Waals surface area contributed by atoms with Crippen LogP contribution in [0.2, 0.25) is 23.2 Å². The average molecular weight is 773 g/mol. The number of hydrogen-bond acceptors (Lipinski definition) is 5. The van der Waals surface area contributed by atoms with E-state index >= 15 is 4.79 Å². The molecule has 0 spiro atoms. The lowest BCUT2D eigenvalue weighted by molar-refractivity contribution is 0.0998. The Hall–Kier alpha value is -4.02. The first-order valence-corrected chi connectivity index (χ1v) is 22.1. The monoisotopic (exact) mass is 771 g/mol. The van der Waals surface area contributed by atoms with Crippen LogP contribution in [-0.2, 0) is 40.0 Å². The fraction of sp³-hybridized carbons (Fsp3) is 0.381. The highest BCUT2D eigenvalue weighted by Gasteiger charge is 2.39. The van der Waals surface area contributed by atoms with Crippen LogP contribution in [-0.4, -0.2) is 51.0 Å². The molecule has 0 aliphatic carbocycles. The minimum absolute atomic E-state index is 0.0509. The number of carbonyl (C=O) groups excluding carboxylic acids is 1. The minimum atomic E-state index is -2.07. The van der Waals surface area contributed by atoms with Crippen molar-refractivity contribution in [2.45, 2.75) is 78.2 Å². The number of alkyl halides is 1. The summed E-state index contributed by atoms with van der Waals surface area (Å²) < 4.78 is 10.5. The quantitative estimate of drug-likeness (QED) is 0.107. The lowest BCUT2D eigenvalue weighted by atomic mass is 9.97. The van der Waals surface area contributed by atoms with Gasteiger partial charge in [-0.25, -0.2) is 0 Å². The van der Waals surface area contributed by atoms with Crippen LogP contribution in [0.3, 0.4) is 0 Å². The lowest BCUT2D eigenvalue weighted by Gasteiger charge is -2.36. The number of carbonyl (C=O) groups is 1. The molecule has 8 nitrogen and oxygen atoms in total. The maximum atomic E-state index is 15.0. The summed E-state index contributed by atoms with van der Waals surface area (Å²) in [6.07, 6.45) is 3.99. The van der Waals surface area contributed by atoms with Crippen molar-refractivity contribution >= 4 is 48.8 Å². The van der Waals surface area contributed by atoms with Crippen LogP contribution in [0.25, 0.3) is 11.3 Å². The maximum absolute atomic E-state index is 15.0. The van der Waals surface area contributed by atoms with E-state index in [0.717, 1.165) is 82.4 Å². The van der Waals surface area contributed by atoms with Crippen LogP contribution >= 0.6 is 23.2 Å². The van der Waals surface area contributed by atoms with Gasteiger partial charge in [-0.05, 0) is 110 Å². The Morgan fingerprint density at radius 1 is 1.06 bits per heavy atom. The van der Waals surface area contributed by atoms with Gasteiger partial charge in [-0.15, -0.1) is 11.6 Å². The van der Waals surface area contributed by atoms with Crippen molar-refractivity contribution in [1.29, 1.82) is 0 Å². The zero-order valence-electron chi connectivity index (χ0n) is 32.1. The molecule has 3 aromatic carbocycles. The number of anilines is 2. The van der Waals surface area contributed by atoms with Gasteiger partial charge in [0.25, 0.3) is 5.91 Å². The number of phenols is 1. The van der Waals surface area contributed by atoms with Gasteiger partial charge in [0.15, 0.2) is 0 Å². The summed E-state index contributed by atoms with van der Waals surface area (Å²) in [5.74, 6) is 1.52. The van der Waals surface area contributed by atoms with Crippen molar-refractivity contribution in [3.05, 3.63) is 112 Å². The molecule has 1 aliphatic rings. The van der Waals surface area contributed by atoms with Gasteiger partial charge >= 0.3 is 0 Å². The molecule has 0 fully saturated rings. The molecule has 1 aliphatic heterocycles. The van der Waals surface area contributed by atoms with Gasteiger partial charge in [-0.2, -0.15) is 5.10 Å². The third kappa shape index (κ3) is 7.95. The summed E-state index contributed by atoms with van der Waals surface area (Å²) in [6, 6.07) is 21.6. The van der Waals surface area contributed by atoms with Crippen molar-refractivity contribution in [2.75, 3.05) is 17.3 Å². The number of aromatic hydroxyl groups is 1. The number of phenolic OH excluding ortho intramolecular Hbond substituents is 1. The number of amides is 1. The van der Waals surface area contributed by atoms with Crippen LogP contribution in [0, 0.1) is 6.92 Å². The van der Waals surface area contributed by atoms with Gasteiger partial charge in [0.05, 0.1) is 23.1 Å². The smallest absolute Gasteiger partial charge is 0.264 e. The maximum Gasteiger partial charge on any atom is 0.264 e. The molecule has 0 atom stereocenters. The number of benzene rings is 3. The Kier molecular flexibility index (Phi) is 11.2. The van der Waals surface area contributed by atoms with E-state index in [-0.39, 0.29) is 10.9 Å². The molecule has 3 heterocycles. The number of hydrogen-bond donors (Lipinski definition) is 1. The highest BCUT2D eigenvalue weighted by Crippen LogP contribution is 2.40. The molecule has 6 rings (SSSR count). The molecule has 280 valence electrons. The topological polar surface area (TPSA) is 75.8 Å². The first kappa shape index (κ1) is 38.7. The van der Waals surface area contributed by atoms with Crippen LogP contribution < -0.4 is 9.33 Å². The molecule has 1 N–H and O–H groups in total. The number of fused-ring (bicyclic) bond motifs is 1. The molecular formula is C42H51Cl2N5O3Si. The van der Waals surface area contributed by atoms with Gasteiger partial charge < -0.3 is 14.1 Å². The SMILES string of the molecule is Cc1c(C(=O)N(c2ccc(O[Si](C)(C)C(C)(C)C)cc2)c2cnn(C)c2CCCCl)cc(-c2cc(Cl)ccc2CN2CCc3c(O)cccc3C2)n1C. The van der Waals surface area contributed by atoms with Crippen molar-refractivity contribution in [2.24, 2.45) is 14.1 Å². The number of aromatic nitrogens is 3. The fourth-order valence-electron chi connectivity index (χ4n) is 6.88. The van der Waals surface area contributed by atoms with E-state index in [2.05, 4.69) is 60.6 Å². The second kappa shape index (κ2) is 15.4. The molecule has 0 radical (unpaired) electrons. The zero-order valence-corrected chi connectivity index (χ0v) is 34.6. The number of halogens is 2. The van der Waals surface area contributed by atoms with Gasteiger partial charge in [0.2, 0.25) is 8.32 Å². The highest BCUT2D eigenvalue weighted by molar-refractivity contribution is 6.74. The molecular weight excluding hydrogens is 721 g/mol. The zero-order chi connectivity index (χ0) is 38.2. The number of aryl methyl sites for hydroxylation is 1. The van der Waals surface area contributed by atoms with E-state index in [1.807, 2.05) is 74.2 Å². The predicted molar refractivity (Wildman–Crippen MR) is 220 cm³/mol. The predicted octanol–water partition coefficient (Wildman–Crippen LogP) is 10.2. The summed E-state index contributed by atoms with van der Waals surface area (Å²) in [5.41, 5.74) is 8.99. The standard InChI is InChI=1S/C42H51Cl2N5O3Si/c1-28-35(24-38(46(28)5)36-23-31(44)15-14-30(36)27-48-22-20-34-29(26-48)11-9-13-40(34)50)41(51)49(39-25-45-47(6)37(39)12-10-21-43)32-16-18-33(19-17-32)52-53(7,8)42(2,3)4/h9,11,13-19,23-25,50H,10,12,20-22,26-27H2,1-8H3. The Labute approximate surface area is 325 Å². The van der Waals surface area contributed by atoms with Crippen molar-refractivity contribution in [1.82, 2.24) is 19.2 Å². The van der Waals surface area contributed by atoms with Gasteiger partial charge in [-0.3, -0.25) is 19.3 Å². The third-order valence-electron chi connectivity index (χ3n) is 11.1. The largest absolute Gasteiger partial charge is 0.544 e. The minimum Gasteiger partial charge on any atom is -0.544 e. The van der Waals surface area contributed by atoms with E-state index in [0.29, 0.717) is 35.2 Å². The Morgan fingerprint density at radius 3 is 2.49 bits per heavy atom. The summed E-state index contributed by atoms with van der Waals surface area (Å²) in [4.78, 5) is 19.2. The Bertz CT molecular complexity index is 2120. The molecule has 0 unspecified atom stereocenters. The summed E-state index contributed by atoms with van der Waals surface area (Å²) >= 11 is 12.8. The van der Waals surface area contributed by atoms with E-state index < -0.39 is 8.32 Å². The van der Waals surface area contributed by atoms with Crippen LogP contribution in [0.4, 0.5) is 11.4 Å². The first-order valence-electron chi connectivity index (χ1n) is 18.3. The lowest BCUT2D eigenvalue weighted by Crippen LogP contribution is -2.43. The second-order valence-electron chi connectivity index (χ2n) is 15.7. The Balaban J connectivity index is 1.38. The van der Waals surface area contributed by atoms with Gasteiger partial charge in [0.1, 0.15) is 11.5 Å². The van der Waals surface area contributed by atoms with E-state index in [9.17, 15) is 5.11 Å². The summed E-state index contributed by atoms with van der Waals surface area (Å²) in [5, 5.41) is 15.7.